The van der Waals surface area contributed by atoms with E-state index in [0.717, 1.165) is 33.6 Å². The largest absolute Gasteiger partial charge is 0.481 e. The van der Waals surface area contributed by atoms with Crippen LogP contribution in [0.15, 0.2) is 53.9 Å². The molecule has 0 saturated carbocycles. The first-order chi connectivity index (χ1) is 16.4. The number of aromatic nitrogens is 1. The van der Waals surface area contributed by atoms with Crippen LogP contribution in [0, 0.1) is 5.92 Å². The van der Waals surface area contributed by atoms with Gasteiger partial charge >= 0.3 is 12.1 Å². The van der Waals surface area contributed by atoms with Gasteiger partial charge in [0.15, 0.2) is 5.13 Å². The number of hydrogen-bond donors (Lipinski definition) is 3. The molecule has 2 amide bonds. The Labute approximate surface area is 201 Å². The lowest BCUT2D eigenvalue weighted by atomic mass is 9.98. The van der Waals surface area contributed by atoms with Crippen LogP contribution in [0.4, 0.5) is 9.93 Å². The van der Waals surface area contributed by atoms with E-state index in [4.69, 9.17) is 9.84 Å². The molecule has 0 fully saturated rings. The van der Waals surface area contributed by atoms with Crippen molar-refractivity contribution in [2.75, 3.05) is 18.5 Å². The number of anilines is 1. The number of fused-ring (bicyclic) bond motifs is 3. The van der Waals surface area contributed by atoms with Crippen molar-refractivity contribution < 1.29 is 24.2 Å². The summed E-state index contributed by atoms with van der Waals surface area (Å²) in [6, 6.07) is 16.2. The van der Waals surface area contributed by atoms with Gasteiger partial charge < -0.3 is 15.2 Å². The van der Waals surface area contributed by atoms with Gasteiger partial charge in [0, 0.05) is 17.8 Å². The van der Waals surface area contributed by atoms with Crippen LogP contribution in [-0.4, -0.2) is 41.2 Å². The second kappa shape index (κ2) is 10.5. The minimum atomic E-state index is -0.852. The summed E-state index contributed by atoms with van der Waals surface area (Å²) in [6.07, 6.45) is 0.390. The molecule has 0 radical (unpaired) electrons. The lowest BCUT2D eigenvalue weighted by molar-refractivity contribution is -0.141. The number of thiazole rings is 1. The van der Waals surface area contributed by atoms with E-state index in [1.54, 1.807) is 12.3 Å². The topological polar surface area (TPSA) is 118 Å². The fourth-order valence-corrected chi connectivity index (χ4v) is 4.66. The zero-order chi connectivity index (χ0) is 24.1. The third kappa shape index (κ3) is 5.26. The molecule has 0 saturated heterocycles. The zero-order valence-corrected chi connectivity index (χ0v) is 19.4. The van der Waals surface area contributed by atoms with E-state index in [1.165, 1.54) is 0 Å². The Kier molecular flexibility index (Phi) is 7.22. The van der Waals surface area contributed by atoms with Crippen molar-refractivity contribution in [3.05, 3.63) is 70.7 Å². The quantitative estimate of drug-likeness (QED) is 0.382. The normalized spacial score (nSPS) is 13.0. The van der Waals surface area contributed by atoms with Gasteiger partial charge in [0.2, 0.25) is 0 Å². The van der Waals surface area contributed by atoms with Gasteiger partial charge in [0.1, 0.15) is 12.3 Å². The molecule has 4 rings (SSSR count). The summed E-state index contributed by atoms with van der Waals surface area (Å²) in [4.78, 5) is 39.6. The van der Waals surface area contributed by atoms with Crippen LogP contribution < -0.4 is 10.6 Å². The highest BCUT2D eigenvalue weighted by Crippen LogP contribution is 2.44. The van der Waals surface area contributed by atoms with Gasteiger partial charge in [-0.1, -0.05) is 55.5 Å². The number of rotatable bonds is 9. The van der Waals surface area contributed by atoms with Crippen LogP contribution in [0.25, 0.3) is 11.1 Å². The molecule has 2 aromatic carbocycles. The predicted molar refractivity (Wildman–Crippen MR) is 129 cm³/mol. The SMILES string of the molecule is CC(CCCNC(=O)c1csc(NC(=O)OCC2c3ccccc3-c3ccccc32)n1)C(=O)O. The highest BCUT2D eigenvalue weighted by Gasteiger charge is 2.29. The van der Waals surface area contributed by atoms with E-state index < -0.39 is 18.0 Å². The standard InChI is InChI=1S/C25H25N3O5S/c1-15(23(30)31)7-6-12-26-22(29)21-14-34-24(27-21)28-25(32)33-13-20-18-10-4-2-8-16(18)17-9-3-5-11-19(17)20/h2-5,8-11,14-15,20H,6-7,12-13H2,1H3,(H,26,29)(H,30,31)(H,27,28,32). The summed E-state index contributed by atoms with van der Waals surface area (Å²) < 4.78 is 5.50. The third-order valence-corrected chi connectivity index (χ3v) is 6.57. The van der Waals surface area contributed by atoms with Crippen LogP contribution in [0.2, 0.25) is 0 Å². The van der Waals surface area contributed by atoms with Gasteiger partial charge in [0.25, 0.3) is 5.91 Å². The van der Waals surface area contributed by atoms with E-state index in [1.807, 2.05) is 24.3 Å². The van der Waals surface area contributed by atoms with Crippen molar-refractivity contribution in [3.8, 4) is 11.1 Å². The maximum Gasteiger partial charge on any atom is 0.413 e. The van der Waals surface area contributed by atoms with Crippen molar-refractivity contribution in [1.82, 2.24) is 10.3 Å². The highest BCUT2D eigenvalue weighted by atomic mass is 32.1. The summed E-state index contributed by atoms with van der Waals surface area (Å²) in [7, 11) is 0. The first kappa shape index (κ1) is 23.4. The average molecular weight is 480 g/mol. The lowest BCUT2D eigenvalue weighted by Gasteiger charge is -2.14. The molecule has 176 valence electrons. The number of hydrogen-bond acceptors (Lipinski definition) is 6. The minimum absolute atomic E-state index is 0.0420. The van der Waals surface area contributed by atoms with E-state index in [-0.39, 0.29) is 29.3 Å². The second-order valence-corrected chi connectivity index (χ2v) is 8.98. The molecule has 0 aliphatic heterocycles. The van der Waals surface area contributed by atoms with Gasteiger partial charge in [-0.25, -0.2) is 9.78 Å². The first-order valence-electron chi connectivity index (χ1n) is 11.0. The zero-order valence-electron chi connectivity index (χ0n) is 18.6. The van der Waals surface area contributed by atoms with E-state index in [2.05, 4.69) is 39.9 Å². The van der Waals surface area contributed by atoms with Crippen molar-refractivity contribution in [3.63, 3.8) is 0 Å². The van der Waals surface area contributed by atoms with E-state index >= 15 is 0 Å². The number of ether oxygens (including phenoxy) is 1. The van der Waals surface area contributed by atoms with Crippen LogP contribution in [-0.2, 0) is 9.53 Å². The number of nitrogens with zero attached hydrogens (tertiary/aromatic N) is 1. The third-order valence-electron chi connectivity index (χ3n) is 5.81. The molecular formula is C25H25N3O5S. The second-order valence-electron chi connectivity index (χ2n) is 8.13. The molecule has 8 nitrogen and oxygen atoms in total. The molecule has 3 N–H and O–H groups in total. The molecule has 3 aromatic rings. The molecule has 1 atom stereocenters. The molecule has 1 unspecified atom stereocenters. The Morgan fingerprint density at radius 1 is 1.09 bits per heavy atom. The first-order valence-corrected chi connectivity index (χ1v) is 11.9. The Morgan fingerprint density at radius 2 is 1.74 bits per heavy atom. The summed E-state index contributed by atoms with van der Waals surface area (Å²) >= 11 is 1.13. The lowest BCUT2D eigenvalue weighted by Crippen LogP contribution is -2.25. The Morgan fingerprint density at radius 3 is 2.38 bits per heavy atom. The number of carbonyl (C=O) groups is 3. The molecule has 1 heterocycles. The van der Waals surface area contributed by atoms with Crippen LogP contribution in [0.5, 0.6) is 0 Å². The average Bonchev–Trinajstić information content (AvgIpc) is 3.43. The fourth-order valence-electron chi connectivity index (χ4n) is 3.98. The number of nitrogens with one attached hydrogen (secondary N) is 2. The summed E-state index contributed by atoms with van der Waals surface area (Å²) in [5.41, 5.74) is 4.75. The monoisotopic (exact) mass is 479 g/mol. The van der Waals surface area contributed by atoms with Gasteiger partial charge in [-0.3, -0.25) is 14.9 Å². The van der Waals surface area contributed by atoms with Gasteiger partial charge in [-0.2, -0.15) is 0 Å². The number of benzene rings is 2. The van der Waals surface area contributed by atoms with Crippen LogP contribution in [0.1, 0.15) is 47.3 Å². The maximum atomic E-state index is 12.4. The number of carboxylic acid groups (broad SMARTS) is 1. The molecule has 1 aromatic heterocycles. The highest BCUT2D eigenvalue weighted by molar-refractivity contribution is 7.14. The van der Waals surface area contributed by atoms with E-state index in [0.29, 0.717) is 19.4 Å². The molecule has 34 heavy (non-hydrogen) atoms. The van der Waals surface area contributed by atoms with Crippen LogP contribution in [0.3, 0.4) is 0 Å². The van der Waals surface area contributed by atoms with Gasteiger partial charge in [-0.05, 0) is 35.1 Å². The number of amides is 2. The molecule has 1 aliphatic carbocycles. The summed E-state index contributed by atoms with van der Waals surface area (Å²) in [5, 5.41) is 16.0. The molecule has 9 heteroatoms. The van der Waals surface area contributed by atoms with Crippen molar-refractivity contribution in [2.24, 2.45) is 5.92 Å². The van der Waals surface area contributed by atoms with Crippen molar-refractivity contribution >= 4 is 34.4 Å². The van der Waals surface area contributed by atoms with Crippen molar-refractivity contribution in [2.45, 2.75) is 25.7 Å². The molecule has 0 spiro atoms. The predicted octanol–water partition coefficient (Wildman–Crippen LogP) is 4.73. The van der Waals surface area contributed by atoms with Gasteiger partial charge in [-0.15, -0.1) is 11.3 Å². The number of carboxylic acids is 1. The number of aliphatic carboxylic acids is 1. The molecular weight excluding hydrogens is 454 g/mol. The Hall–Kier alpha value is -3.72. The van der Waals surface area contributed by atoms with Crippen LogP contribution >= 0.6 is 11.3 Å². The summed E-state index contributed by atoms with van der Waals surface area (Å²) in [5.74, 6) is -1.72. The smallest absolute Gasteiger partial charge is 0.413 e. The van der Waals surface area contributed by atoms with Gasteiger partial charge in [0.05, 0.1) is 5.92 Å². The van der Waals surface area contributed by atoms with Crippen molar-refractivity contribution in [1.29, 1.82) is 0 Å². The number of carbonyl (C=O) groups excluding carboxylic acids is 2. The molecule has 0 bridgehead atoms. The van der Waals surface area contributed by atoms with E-state index in [9.17, 15) is 14.4 Å². The fraction of sp³-hybridized carbons (Fsp3) is 0.280. The molecule has 1 aliphatic rings. The Balaban J connectivity index is 1.28. The minimum Gasteiger partial charge on any atom is -0.481 e. The summed E-state index contributed by atoms with van der Waals surface area (Å²) in [6.45, 7) is 2.17. The maximum absolute atomic E-state index is 12.4. The Bertz CT molecular complexity index is 1160.